The van der Waals surface area contributed by atoms with E-state index < -0.39 is 6.04 Å². The van der Waals surface area contributed by atoms with E-state index in [1.165, 1.54) is 0 Å². The zero-order valence-corrected chi connectivity index (χ0v) is 11.6. The van der Waals surface area contributed by atoms with Crippen molar-refractivity contribution < 1.29 is 14.3 Å². The summed E-state index contributed by atoms with van der Waals surface area (Å²) in [7, 11) is 1.55. The molecule has 0 aliphatic carbocycles. The predicted molar refractivity (Wildman–Crippen MR) is 76.0 cm³/mol. The second kappa shape index (κ2) is 9.06. The first-order valence-corrected chi connectivity index (χ1v) is 6.46. The molecular formula is C14H21N3O3. The van der Waals surface area contributed by atoms with E-state index in [1.54, 1.807) is 7.11 Å². The molecule has 1 atom stereocenters. The number of amides is 2. The summed E-state index contributed by atoms with van der Waals surface area (Å²) in [6.45, 7) is 0.777. The van der Waals surface area contributed by atoms with Crippen LogP contribution in [0.15, 0.2) is 30.3 Å². The normalized spacial score (nSPS) is 11.7. The van der Waals surface area contributed by atoms with E-state index in [2.05, 4.69) is 10.6 Å². The molecule has 6 nitrogen and oxygen atoms in total. The van der Waals surface area contributed by atoms with Gasteiger partial charge in [0.1, 0.15) is 0 Å². The average molecular weight is 279 g/mol. The Balaban J connectivity index is 2.26. The fourth-order valence-corrected chi connectivity index (χ4v) is 1.61. The van der Waals surface area contributed by atoms with Crippen LogP contribution in [0.3, 0.4) is 0 Å². The quantitative estimate of drug-likeness (QED) is 0.556. The summed E-state index contributed by atoms with van der Waals surface area (Å²) in [5.74, 6) is -0.599. The fraction of sp³-hybridized carbons (Fsp3) is 0.429. The predicted octanol–water partition coefficient (Wildman–Crippen LogP) is -0.565. The minimum Gasteiger partial charge on any atom is -0.383 e. The monoisotopic (exact) mass is 279 g/mol. The van der Waals surface area contributed by atoms with Crippen LogP contribution in [0.5, 0.6) is 0 Å². The molecule has 1 rings (SSSR count). The van der Waals surface area contributed by atoms with Gasteiger partial charge in [0.05, 0.1) is 19.2 Å². The molecule has 1 aromatic carbocycles. The maximum Gasteiger partial charge on any atom is 0.239 e. The van der Waals surface area contributed by atoms with Crippen LogP contribution in [0.25, 0.3) is 0 Å². The molecule has 0 heterocycles. The number of ether oxygens (including phenoxy) is 1. The molecule has 0 radical (unpaired) electrons. The van der Waals surface area contributed by atoms with E-state index in [4.69, 9.17) is 10.5 Å². The number of hydrogen-bond donors (Lipinski definition) is 3. The van der Waals surface area contributed by atoms with Crippen LogP contribution < -0.4 is 16.4 Å². The molecule has 0 aliphatic heterocycles. The number of carbonyl (C=O) groups is 2. The minimum absolute atomic E-state index is 0.0783. The van der Waals surface area contributed by atoms with Crippen LogP contribution in [0.4, 0.5) is 0 Å². The molecule has 0 spiro atoms. The molecule has 4 N–H and O–H groups in total. The van der Waals surface area contributed by atoms with Gasteiger partial charge in [0.25, 0.3) is 0 Å². The SMILES string of the molecule is COCCNC(=O)CNC(=O)C(N)Cc1ccccc1. The third kappa shape index (κ3) is 6.31. The lowest BCUT2D eigenvalue weighted by Gasteiger charge is -2.12. The minimum atomic E-state index is -0.663. The van der Waals surface area contributed by atoms with Gasteiger partial charge in [-0.1, -0.05) is 30.3 Å². The van der Waals surface area contributed by atoms with Gasteiger partial charge in [-0.3, -0.25) is 9.59 Å². The number of hydrogen-bond acceptors (Lipinski definition) is 4. The first kappa shape index (κ1) is 16.1. The van der Waals surface area contributed by atoms with Crippen molar-refractivity contribution in [3.63, 3.8) is 0 Å². The Labute approximate surface area is 118 Å². The molecule has 0 bridgehead atoms. The summed E-state index contributed by atoms with van der Waals surface area (Å²) >= 11 is 0. The Morgan fingerprint density at radius 1 is 1.25 bits per heavy atom. The van der Waals surface area contributed by atoms with Crippen molar-refractivity contribution in [1.29, 1.82) is 0 Å². The first-order chi connectivity index (χ1) is 9.63. The third-order valence-corrected chi connectivity index (χ3v) is 2.69. The van der Waals surface area contributed by atoms with E-state index in [0.717, 1.165) is 5.56 Å². The summed E-state index contributed by atoms with van der Waals surface area (Å²) in [4.78, 5) is 23.1. The van der Waals surface area contributed by atoms with Crippen LogP contribution in [0, 0.1) is 0 Å². The van der Waals surface area contributed by atoms with Gasteiger partial charge >= 0.3 is 0 Å². The summed E-state index contributed by atoms with van der Waals surface area (Å²) < 4.78 is 4.80. The second-order valence-corrected chi connectivity index (χ2v) is 4.36. The zero-order valence-electron chi connectivity index (χ0n) is 11.6. The van der Waals surface area contributed by atoms with Crippen LogP contribution in [-0.4, -0.2) is 44.7 Å². The maximum atomic E-state index is 11.7. The Morgan fingerprint density at radius 3 is 2.60 bits per heavy atom. The molecule has 110 valence electrons. The van der Waals surface area contributed by atoms with Crippen LogP contribution in [0.1, 0.15) is 5.56 Å². The van der Waals surface area contributed by atoms with Crippen molar-refractivity contribution in [2.24, 2.45) is 5.73 Å². The summed E-state index contributed by atoms with van der Waals surface area (Å²) in [6, 6.07) is 8.84. The first-order valence-electron chi connectivity index (χ1n) is 6.46. The Hall–Kier alpha value is -1.92. The van der Waals surface area contributed by atoms with Crippen LogP contribution >= 0.6 is 0 Å². The number of nitrogens with one attached hydrogen (secondary N) is 2. The van der Waals surface area contributed by atoms with Gasteiger partial charge in [-0.25, -0.2) is 0 Å². The molecule has 0 saturated carbocycles. The standard InChI is InChI=1S/C14H21N3O3/c1-20-8-7-16-13(18)10-17-14(19)12(15)9-11-5-3-2-4-6-11/h2-6,12H,7-10,15H2,1H3,(H,16,18)(H,17,19). The van der Waals surface area contributed by atoms with Crippen molar-refractivity contribution in [3.05, 3.63) is 35.9 Å². The molecule has 0 aliphatic rings. The van der Waals surface area contributed by atoms with Crippen molar-refractivity contribution in [3.8, 4) is 0 Å². The van der Waals surface area contributed by atoms with Gasteiger partial charge < -0.3 is 21.1 Å². The number of rotatable bonds is 8. The van der Waals surface area contributed by atoms with Crippen molar-refractivity contribution in [1.82, 2.24) is 10.6 Å². The number of methoxy groups -OCH3 is 1. The molecule has 20 heavy (non-hydrogen) atoms. The fourth-order valence-electron chi connectivity index (χ4n) is 1.61. The van der Waals surface area contributed by atoms with Gasteiger partial charge in [-0.2, -0.15) is 0 Å². The number of benzene rings is 1. The number of carbonyl (C=O) groups excluding carboxylic acids is 2. The van der Waals surface area contributed by atoms with E-state index >= 15 is 0 Å². The van der Waals surface area contributed by atoms with Crippen molar-refractivity contribution in [2.45, 2.75) is 12.5 Å². The van der Waals surface area contributed by atoms with Gasteiger partial charge in [0.2, 0.25) is 11.8 Å². The highest BCUT2D eigenvalue weighted by Crippen LogP contribution is 2.01. The van der Waals surface area contributed by atoms with E-state index in [0.29, 0.717) is 19.6 Å². The molecule has 0 fully saturated rings. The van der Waals surface area contributed by atoms with Gasteiger partial charge in [0, 0.05) is 13.7 Å². The summed E-state index contributed by atoms with van der Waals surface area (Å²) in [5.41, 5.74) is 6.78. The molecule has 6 heteroatoms. The van der Waals surface area contributed by atoms with Gasteiger partial charge in [0.15, 0.2) is 0 Å². The van der Waals surface area contributed by atoms with Crippen molar-refractivity contribution >= 4 is 11.8 Å². The van der Waals surface area contributed by atoms with Crippen LogP contribution in [0.2, 0.25) is 0 Å². The van der Waals surface area contributed by atoms with Crippen molar-refractivity contribution in [2.75, 3.05) is 26.8 Å². The van der Waals surface area contributed by atoms with E-state index in [1.807, 2.05) is 30.3 Å². The summed E-state index contributed by atoms with van der Waals surface area (Å²) in [6.07, 6.45) is 0.442. The Kier molecular flexibility index (Phi) is 7.31. The highest BCUT2D eigenvalue weighted by molar-refractivity contribution is 5.87. The lowest BCUT2D eigenvalue weighted by molar-refractivity contribution is -0.126. The largest absolute Gasteiger partial charge is 0.383 e. The molecular weight excluding hydrogens is 258 g/mol. The third-order valence-electron chi connectivity index (χ3n) is 2.69. The molecule has 1 unspecified atom stereocenters. The lowest BCUT2D eigenvalue weighted by Crippen LogP contribution is -2.46. The van der Waals surface area contributed by atoms with E-state index in [-0.39, 0.29) is 18.4 Å². The molecule has 0 saturated heterocycles. The highest BCUT2D eigenvalue weighted by atomic mass is 16.5. The average Bonchev–Trinajstić information content (AvgIpc) is 2.46. The molecule has 2 amide bonds. The lowest BCUT2D eigenvalue weighted by atomic mass is 10.1. The van der Waals surface area contributed by atoms with Gasteiger partial charge in [-0.05, 0) is 12.0 Å². The molecule has 0 aromatic heterocycles. The second-order valence-electron chi connectivity index (χ2n) is 4.36. The maximum absolute atomic E-state index is 11.7. The Bertz CT molecular complexity index is 423. The smallest absolute Gasteiger partial charge is 0.239 e. The topological polar surface area (TPSA) is 93.5 Å². The zero-order chi connectivity index (χ0) is 14.8. The van der Waals surface area contributed by atoms with Crippen LogP contribution in [-0.2, 0) is 20.7 Å². The summed E-state index contributed by atoms with van der Waals surface area (Å²) in [5, 5.41) is 5.12. The Morgan fingerprint density at radius 2 is 1.95 bits per heavy atom. The van der Waals surface area contributed by atoms with Gasteiger partial charge in [-0.15, -0.1) is 0 Å². The van der Waals surface area contributed by atoms with E-state index in [9.17, 15) is 9.59 Å². The number of nitrogens with two attached hydrogens (primary N) is 1. The molecule has 1 aromatic rings. The highest BCUT2D eigenvalue weighted by Gasteiger charge is 2.14.